The first-order valence-corrected chi connectivity index (χ1v) is 8.09. The summed E-state index contributed by atoms with van der Waals surface area (Å²) in [6.07, 6.45) is 0. The average molecular weight is 335 g/mol. The number of nitrogens with two attached hydrogens (primary N) is 1. The molecule has 0 fully saturated rings. The molecule has 20 heavy (non-hydrogen) atoms. The summed E-state index contributed by atoms with van der Waals surface area (Å²) in [6, 6.07) is 5.54. The number of thioether (sulfide) groups is 1. The second-order valence-electron chi connectivity index (χ2n) is 5.57. The summed E-state index contributed by atoms with van der Waals surface area (Å²) >= 11 is 13.5. The number of benzene rings is 1. The fraction of sp³-hybridized carbons (Fsp3) is 0.500. The van der Waals surface area contributed by atoms with Crippen LogP contribution >= 0.6 is 35.0 Å². The molecule has 1 unspecified atom stereocenters. The van der Waals surface area contributed by atoms with Crippen molar-refractivity contribution in [2.45, 2.75) is 31.6 Å². The van der Waals surface area contributed by atoms with E-state index in [1.807, 2.05) is 12.1 Å². The number of primary amides is 1. The quantitative estimate of drug-likeness (QED) is 0.834. The minimum absolute atomic E-state index is 0.00174. The Morgan fingerprint density at radius 3 is 2.50 bits per heavy atom. The molecular weight excluding hydrogens is 315 g/mol. The molecule has 0 aromatic heterocycles. The molecule has 1 rings (SSSR count). The number of hydrogen-bond donors (Lipinski definition) is 2. The van der Waals surface area contributed by atoms with Crippen molar-refractivity contribution in [2.24, 2.45) is 5.73 Å². The van der Waals surface area contributed by atoms with Crippen molar-refractivity contribution in [3.8, 4) is 0 Å². The van der Waals surface area contributed by atoms with E-state index in [1.165, 1.54) is 11.8 Å². The van der Waals surface area contributed by atoms with Gasteiger partial charge in [-0.3, -0.25) is 4.79 Å². The second kappa shape index (κ2) is 7.55. The third-order valence-electron chi connectivity index (χ3n) is 2.56. The van der Waals surface area contributed by atoms with Crippen LogP contribution in [0.25, 0.3) is 0 Å². The van der Waals surface area contributed by atoms with E-state index < -0.39 is 0 Å². The molecule has 0 aliphatic heterocycles. The molecule has 0 radical (unpaired) electrons. The second-order valence-corrected chi connectivity index (χ2v) is 7.58. The lowest BCUT2D eigenvalue weighted by molar-refractivity contribution is -0.115. The van der Waals surface area contributed by atoms with Crippen molar-refractivity contribution >= 4 is 40.9 Å². The van der Waals surface area contributed by atoms with E-state index in [9.17, 15) is 4.79 Å². The summed E-state index contributed by atoms with van der Waals surface area (Å²) in [5.74, 6) is -0.0488. The van der Waals surface area contributed by atoms with Crippen molar-refractivity contribution < 1.29 is 4.79 Å². The molecule has 6 heteroatoms. The largest absolute Gasteiger partial charge is 0.369 e. The van der Waals surface area contributed by atoms with Gasteiger partial charge in [-0.25, -0.2) is 0 Å². The lowest BCUT2D eigenvalue weighted by Crippen LogP contribution is -2.38. The van der Waals surface area contributed by atoms with Gasteiger partial charge in [0.1, 0.15) is 0 Å². The summed E-state index contributed by atoms with van der Waals surface area (Å²) in [5.41, 5.74) is 6.26. The van der Waals surface area contributed by atoms with E-state index in [1.54, 1.807) is 6.07 Å². The maximum absolute atomic E-state index is 11.0. The van der Waals surface area contributed by atoms with Crippen molar-refractivity contribution in [2.75, 3.05) is 12.3 Å². The van der Waals surface area contributed by atoms with Crippen LogP contribution in [0.5, 0.6) is 0 Å². The summed E-state index contributed by atoms with van der Waals surface area (Å²) in [5, 5.41) is 4.57. The molecule has 3 nitrogen and oxygen atoms in total. The van der Waals surface area contributed by atoms with Crippen LogP contribution in [0.4, 0.5) is 0 Å². The third-order valence-corrected chi connectivity index (χ3v) is 4.59. The van der Waals surface area contributed by atoms with Gasteiger partial charge < -0.3 is 11.1 Å². The van der Waals surface area contributed by atoms with E-state index in [0.29, 0.717) is 10.0 Å². The highest BCUT2D eigenvalue weighted by Crippen LogP contribution is 2.32. The Labute approximate surface area is 134 Å². The lowest BCUT2D eigenvalue weighted by atomic mass is 10.1. The van der Waals surface area contributed by atoms with Crippen LogP contribution in [0, 0.1) is 0 Å². The van der Waals surface area contributed by atoms with Gasteiger partial charge in [0.2, 0.25) is 5.91 Å². The summed E-state index contributed by atoms with van der Waals surface area (Å²) in [4.78, 5) is 11.0. The maximum Gasteiger partial charge on any atom is 0.227 e. The van der Waals surface area contributed by atoms with Gasteiger partial charge >= 0.3 is 0 Å². The first-order valence-electron chi connectivity index (χ1n) is 6.29. The molecule has 0 aliphatic rings. The SMILES string of the molecule is CC(C)(C)NCC(SCC(N)=O)c1ccc(Cl)c(Cl)c1. The van der Waals surface area contributed by atoms with Crippen LogP contribution in [0.2, 0.25) is 10.0 Å². The van der Waals surface area contributed by atoms with Gasteiger partial charge in [-0.05, 0) is 38.5 Å². The number of amides is 1. The van der Waals surface area contributed by atoms with E-state index in [4.69, 9.17) is 28.9 Å². The molecular formula is C14H20Cl2N2OS. The van der Waals surface area contributed by atoms with Crippen LogP contribution in [-0.2, 0) is 4.79 Å². The van der Waals surface area contributed by atoms with Gasteiger partial charge in [-0.1, -0.05) is 29.3 Å². The zero-order valence-corrected chi connectivity index (χ0v) is 14.2. The molecule has 112 valence electrons. The van der Waals surface area contributed by atoms with Crippen molar-refractivity contribution in [1.29, 1.82) is 0 Å². The average Bonchev–Trinajstić information content (AvgIpc) is 2.31. The molecule has 1 aromatic rings. The molecule has 0 bridgehead atoms. The highest BCUT2D eigenvalue weighted by Gasteiger charge is 2.18. The molecule has 0 saturated carbocycles. The molecule has 1 amide bonds. The van der Waals surface area contributed by atoms with E-state index >= 15 is 0 Å². The Morgan fingerprint density at radius 2 is 2.00 bits per heavy atom. The molecule has 0 saturated heterocycles. The maximum atomic E-state index is 11.0. The monoisotopic (exact) mass is 334 g/mol. The topological polar surface area (TPSA) is 55.1 Å². The number of hydrogen-bond acceptors (Lipinski definition) is 3. The zero-order chi connectivity index (χ0) is 15.3. The highest BCUT2D eigenvalue weighted by atomic mass is 35.5. The van der Waals surface area contributed by atoms with Crippen LogP contribution in [0.1, 0.15) is 31.6 Å². The summed E-state index contributed by atoms with van der Waals surface area (Å²) in [7, 11) is 0. The number of nitrogens with one attached hydrogen (secondary N) is 1. The Balaban J connectivity index is 2.84. The van der Waals surface area contributed by atoms with Crippen LogP contribution in [0.15, 0.2) is 18.2 Å². The number of rotatable bonds is 6. The predicted molar refractivity (Wildman–Crippen MR) is 88.6 cm³/mol. The molecule has 0 spiro atoms. The normalized spacial score (nSPS) is 13.2. The zero-order valence-electron chi connectivity index (χ0n) is 11.9. The van der Waals surface area contributed by atoms with Crippen LogP contribution in [-0.4, -0.2) is 23.7 Å². The van der Waals surface area contributed by atoms with Gasteiger partial charge in [-0.15, -0.1) is 11.8 Å². The van der Waals surface area contributed by atoms with Gasteiger partial charge in [0.15, 0.2) is 0 Å². The lowest BCUT2D eigenvalue weighted by Gasteiger charge is -2.25. The Kier molecular flexibility index (Phi) is 6.65. The van der Waals surface area contributed by atoms with E-state index in [0.717, 1.165) is 12.1 Å². The van der Waals surface area contributed by atoms with Crippen LogP contribution < -0.4 is 11.1 Å². The standard InChI is InChI=1S/C14H20Cl2N2OS/c1-14(2,3)18-7-12(20-8-13(17)19)9-4-5-10(15)11(16)6-9/h4-6,12,18H,7-8H2,1-3H3,(H2,17,19). The molecule has 3 N–H and O–H groups in total. The predicted octanol–water partition coefficient (Wildman–Crippen LogP) is 3.64. The van der Waals surface area contributed by atoms with Crippen LogP contribution in [0.3, 0.4) is 0 Å². The molecule has 0 aliphatic carbocycles. The van der Waals surface area contributed by atoms with E-state index in [2.05, 4.69) is 26.1 Å². The Bertz CT molecular complexity index is 475. The third kappa shape index (κ3) is 6.35. The van der Waals surface area contributed by atoms with Crippen molar-refractivity contribution in [1.82, 2.24) is 5.32 Å². The number of carbonyl (C=O) groups is 1. The summed E-state index contributed by atoms with van der Waals surface area (Å²) in [6.45, 7) is 7.01. The smallest absolute Gasteiger partial charge is 0.227 e. The highest BCUT2D eigenvalue weighted by molar-refractivity contribution is 8.00. The fourth-order valence-corrected chi connectivity index (χ4v) is 2.78. The van der Waals surface area contributed by atoms with E-state index in [-0.39, 0.29) is 22.4 Å². The summed E-state index contributed by atoms with van der Waals surface area (Å²) < 4.78 is 0. The minimum Gasteiger partial charge on any atom is -0.369 e. The van der Waals surface area contributed by atoms with Gasteiger partial charge in [0.05, 0.1) is 15.8 Å². The Morgan fingerprint density at radius 1 is 1.35 bits per heavy atom. The molecule has 1 atom stereocenters. The van der Waals surface area contributed by atoms with Crippen molar-refractivity contribution in [3.05, 3.63) is 33.8 Å². The Hall–Kier alpha value is -0.420. The first-order chi connectivity index (χ1) is 9.19. The van der Waals surface area contributed by atoms with Gasteiger partial charge in [0, 0.05) is 17.3 Å². The van der Waals surface area contributed by atoms with Crippen molar-refractivity contribution in [3.63, 3.8) is 0 Å². The number of carbonyl (C=O) groups excluding carboxylic acids is 1. The molecule has 0 heterocycles. The first kappa shape index (κ1) is 17.6. The fourth-order valence-electron chi connectivity index (χ4n) is 1.57. The minimum atomic E-state index is -0.323. The van der Waals surface area contributed by atoms with Gasteiger partial charge in [0.25, 0.3) is 0 Å². The number of halogens is 2. The molecule has 1 aromatic carbocycles. The van der Waals surface area contributed by atoms with Gasteiger partial charge in [-0.2, -0.15) is 0 Å².